The van der Waals surface area contributed by atoms with Crippen LogP contribution in [0.4, 0.5) is 0 Å². The first-order valence-corrected chi connectivity index (χ1v) is 6.89. The molecule has 1 aromatic heterocycles. The first-order valence-electron chi connectivity index (χ1n) is 6.01. The van der Waals surface area contributed by atoms with Crippen molar-refractivity contribution in [1.82, 2.24) is 0 Å². The van der Waals surface area contributed by atoms with Gasteiger partial charge < -0.3 is 9.84 Å². The first-order chi connectivity index (χ1) is 8.27. The lowest BCUT2D eigenvalue weighted by molar-refractivity contribution is 0.0910. The van der Waals surface area contributed by atoms with Crippen LogP contribution in [0.25, 0.3) is 0 Å². The minimum atomic E-state index is -0.0936. The molecular formula is C14H20O2S. The van der Waals surface area contributed by atoms with Crippen LogP contribution in [0.2, 0.25) is 0 Å². The lowest BCUT2D eigenvalue weighted by Crippen LogP contribution is -2.05. The van der Waals surface area contributed by atoms with Crippen LogP contribution in [-0.4, -0.2) is 18.3 Å². The Kier molecular flexibility index (Phi) is 6.95. The van der Waals surface area contributed by atoms with Gasteiger partial charge in [0.2, 0.25) is 0 Å². The molecular weight excluding hydrogens is 232 g/mol. The molecule has 1 heterocycles. The highest BCUT2D eigenvalue weighted by Crippen LogP contribution is 2.17. The molecule has 1 rings (SSSR count). The van der Waals surface area contributed by atoms with Crippen LogP contribution in [0.1, 0.15) is 37.1 Å². The molecule has 0 aromatic carbocycles. The maximum absolute atomic E-state index is 8.66. The van der Waals surface area contributed by atoms with Crippen LogP contribution in [0, 0.1) is 17.8 Å². The molecule has 0 saturated carbocycles. The van der Waals surface area contributed by atoms with Gasteiger partial charge in [-0.2, -0.15) is 0 Å². The third-order valence-corrected chi connectivity index (χ3v) is 3.36. The summed E-state index contributed by atoms with van der Waals surface area (Å²) in [6.07, 6.45) is 2.42. The Balaban J connectivity index is 2.39. The Morgan fingerprint density at radius 2 is 2.35 bits per heavy atom. The molecule has 0 bridgehead atoms. The highest BCUT2D eigenvalue weighted by molar-refractivity contribution is 7.10. The summed E-state index contributed by atoms with van der Waals surface area (Å²) in [6.45, 7) is 5.74. The highest BCUT2D eigenvalue weighted by Gasteiger charge is 2.04. The SMILES string of the molecule is CCCC(C)COCc1sccc1C#CCO. The number of ether oxygens (including phenoxy) is 1. The monoisotopic (exact) mass is 252 g/mol. The Bertz CT molecular complexity index is 373. The van der Waals surface area contributed by atoms with E-state index < -0.39 is 0 Å². The molecule has 0 aliphatic rings. The Labute approximate surface area is 108 Å². The van der Waals surface area contributed by atoms with E-state index in [4.69, 9.17) is 9.84 Å². The predicted octanol–water partition coefficient (Wildman–Crippen LogP) is 3.04. The number of hydrogen-bond acceptors (Lipinski definition) is 3. The molecule has 1 unspecified atom stereocenters. The fourth-order valence-corrected chi connectivity index (χ4v) is 2.39. The van der Waals surface area contributed by atoms with Gasteiger partial charge >= 0.3 is 0 Å². The second-order valence-corrected chi connectivity index (χ2v) is 5.13. The third-order valence-electron chi connectivity index (χ3n) is 2.46. The van der Waals surface area contributed by atoms with Crippen LogP contribution >= 0.6 is 11.3 Å². The molecule has 0 aliphatic carbocycles. The van der Waals surface area contributed by atoms with Crippen molar-refractivity contribution >= 4 is 11.3 Å². The van der Waals surface area contributed by atoms with E-state index in [-0.39, 0.29) is 6.61 Å². The van der Waals surface area contributed by atoms with E-state index in [0.29, 0.717) is 12.5 Å². The summed E-state index contributed by atoms with van der Waals surface area (Å²) in [5.74, 6) is 6.22. The molecule has 17 heavy (non-hydrogen) atoms. The summed E-state index contributed by atoms with van der Waals surface area (Å²) in [6, 6.07) is 1.97. The summed E-state index contributed by atoms with van der Waals surface area (Å²) >= 11 is 1.66. The maximum atomic E-state index is 8.66. The number of rotatable bonds is 6. The second kappa shape index (κ2) is 8.30. The van der Waals surface area contributed by atoms with Gasteiger partial charge in [-0.1, -0.05) is 32.1 Å². The molecule has 0 amide bonds. The molecule has 0 radical (unpaired) electrons. The number of hydrogen-bond donors (Lipinski definition) is 1. The van der Waals surface area contributed by atoms with Crippen LogP contribution in [0.15, 0.2) is 11.4 Å². The van der Waals surface area contributed by atoms with Gasteiger partial charge in [-0.25, -0.2) is 0 Å². The third kappa shape index (κ3) is 5.36. The van der Waals surface area contributed by atoms with Crippen molar-refractivity contribution in [3.8, 4) is 11.8 Å². The topological polar surface area (TPSA) is 29.5 Å². The Hall–Kier alpha value is -0.820. The first kappa shape index (κ1) is 14.2. The van der Waals surface area contributed by atoms with Crippen LogP contribution in [0.5, 0.6) is 0 Å². The molecule has 1 atom stereocenters. The number of aliphatic hydroxyl groups is 1. The fraction of sp³-hybridized carbons (Fsp3) is 0.571. The maximum Gasteiger partial charge on any atom is 0.104 e. The standard InChI is InChI=1S/C14H20O2S/c1-3-5-12(2)10-16-11-14-13(6-4-8-15)7-9-17-14/h7,9,12,15H,3,5,8,10-11H2,1-2H3. The van der Waals surface area contributed by atoms with Crippen LogP contribution in [0.3, 0.4) is 0 Å². The predicted molar refractivity (Wildman–Crippen MR) is 72.0 cm³/mol. The van der Waals surface area contributed by atoms with Gasteiger partial charge in [0.05, 0.1) is 6.61 Å². The lowest BCUT2D eigenvalue weighted by Gasteiger charge is -2.10. The smallest absolute Gasteiger partial charge is 0.104 e. The van der Waals surface area contributed by atoms with E-state index in [1.165, 1.54) is 12.8 Å². The van der Waals surface area contributed by atoms with Crippen molar-refractivity contribution in [1.29, 1.82) is 0 Å². The largest absolute Gasteiger partial charge is 0.384 e. The summed E-state index contributed by atoms with van der Waals surface area (Å²) in [7, 11) is 0. The van der Waals surface area contributed by atoms with E-state index in [9.17, 15) is 0 Å². The Morgan fingerprint density at radius 1 is 1.53 bits per heavy atom. The van der Waals surface area contributed by atoms with Crippen LogP contribution < -0.4 is 0 Å². The van der Waals surface area contributed by atoms with E-state index in [2.05, 4.69) is 25.7 Å². The average molecular weight is 252 g/mol. The lowest BCUT2D eigenvalue weighted by atomic mass is 10.1. The molecule has 94 valence electrons. The minimum absolute atomic E-state index is 0.0936. The van der Waals surface area contributed by atoms with Crippen LogP contribution in [-0.2, 0) is 11.3 Å². The molecule has 0 fully saturated rings. The Morgan fingerprint density at radius 3 is 3.06 bits per heavy atom. The van der Waals surface area contributed by atoms with Crippen molar-refractivity contribution in [2.45, 2.75) is 33.3 Å². The zero-order valence-electron chi connectivity index (χ0n) is 10.5. The van der Waals surface area contributed by atoms with E-state index in [1.807, 2.05) is 11.4 Å². The van der Waals surface area contributed by atoms with Gasteiger partial charge in [0, 0.05) is 17.0 Å². The summed E-state index contributed by atoms with van der Waals surface area (Å²) in [5.41, 5.74) is 0.979. The minimum Gasteiger partial charge on any atom is -0.384 e. The van der Waals surface area contributed by atoms with Crippen molar-refractivity contribution < 1.29 is 9.84 Å². The summed E-state index contributed by atoms with van der Waals surface area (Å²) in [4.78, 5) is 1.15. The van der Waals surface area contributed by atoms with Crippen molar-refractivity contribution in [3.63, 3.8) is 0 Å². The average Bonchev–Trinajstić information content (AvgIpc) is 2.74. The van der Waals surface area contributed by atoms with Gasteiger partial charge in [-0.3, -0.25) is 0 Å². The molecule has 0 spiro atoms. The molecule has 0 saturated heterocycles. The molecule has 1 N–H and O–H groups in total. The fourth-order valence-electron chi connectivity index (χ4n) is 1.63. The zero-order valence-corrected chi connectivity index (χ0v) is 11.3. The number of thiophene rings is 1. The summed E-state index contributed by atoms with van der Waals surface area (Å²) in [5, 5.41) is 10.7. The molecule has 2 nitrogen and oxygen atoms in total. The quantitative estimate of drug-likeness (QED) is 0.789. The van der Waals surface area contributed by atoms with Gasteiger partial charge in [-0.05, 0) is 23.8 Å². The summed E-state index contributed by atoms with van der Waals surface area (Å²) < 4.78 is 5.69. The van der Waals surface area contributed by atoms with E-state index in [1.54, 1.807) is 11.3 Å². The molecule has 1 aromatic rings. The zero-order chi connectivity index (χ0) is 12.5. The van der Waals surface area contributed by atoms with E-state index >= 15 is 0 Å². The van der Waals surface area contributed by atoms with Gasteiger partial charge in [0.25, 0.3) is 0 Å². The molecule has 0 aliphatic heterocycles. The van der Waals surface area contributed by atoms with Crippen molar-refractivity contribution in [3.05, 3.63) is 21.9 Å². The van der Waals surface area contributed by atoms with Gasteiger partial charge in [0.15, 0.2) is 0 Å². The van der Waals surface area contributed by atoms with Crippen molar-refractivity contribution in [2.75, 3.05) is 13.2 Å². The van der Waals surface area contributed by atoms with Gasteiger partial charge in [-0.15, -0.1) is 11.3 Å². The highest BCUT2D eigenvalue weighted by atomic mass is 32.1. The normalized spacial score (nSPS) is 11.9. The number of aliphatic hydroxyl groups excluding tert-OH is 1. The van der Waals surface area contributed by atoms with E-state index in [0.717, 1.165) is 17.0 Å². The molecule has 3 heteroatoms. The van der Waals surface area contributed by atoms with Gasteiger partial charge in [0.1, 0.15) is 6.61 Å². The second-order valence-electron chi connectivity index (χ2n) is 4.13. The van der Waals surface area contributed by atoms with Crippen molar-refractivity contribution in [2.24, 2.45) is 5.92 Å².